The summed E-state index contributed by atoms with van der Waals surface area (Å²) >= 11 is 0. The van der Waals surface area contributed by atoms with Crippen molar-refractivity contribution in [3.05, 3.63) is 101 Å². The van der Waals surface area contributed by atoms with Crippen molar-refractivity contribution in [2.24, 2.45) is 0 Å². The van der Waals surface area contributed by atoms with Crippen LogP contribution in [0.3, 0.4) is 0 Å². The van der Waals surface area contributed by atoms with Gasteiger partial charge in [0.25, 0.3) is 11.7 Å². The molecule has 1 unspecified atom stereocenters. The fourth-order valence-electron chi connectivity index (χ4n) is 5.01. The van der Waals surface area contributed by atoms with Gasteiger partial charge in [0.2, 0.25) is 0 Å². The lowest BCUT2D eigenvalue weighted by atomic mass is 9.95. The first-order valence-corrected chi connectivity index (χ1v) is 14.0. The molecule has 3 aromatic carbocycles. The molecule has 4 rings (SSSR count). The topological polar surface area (TPSA) is 79.3 Å². The molecule has 1 amide bonds. The number of amides is 1. The molecule has 0 saturated carbocycles. The van der Waals surface area contributed by atoms with Gasteiger partial charge in [-0.2, -0.15) is 0 Å². The summed E-state index contributed by atoms with van der Waals surface area (Å²) < 4.78 is 11.6. The van der Waals surface area contributed by atoms with E-state index in [-0.39, 0.29) is 11.3 Å². The Hall–Kier alpha value is -4.10. The highest BCUT2D eigenvalue weighted by Crippen LogP contribution is 2.40. The standard InChI is InChI=1S/C33H38N2O5/c1-4-34(5-2)20-11-21-35-30(26-14-10-15-28(22-26)40-23-24-12-8-7-9-13-24)29(32(37)33(35)38)31(36)25-16-18-27(19-17-25)39-6-3/h7-10,12-19,22,30,36H,4-6,11,20-21,23H2,1-3H3. The maximum atomic E-state index is 13.4. The molecule has 3 aromatic rings. The molecule has 1 N–H and O–H groups in total. The van der Waals surface area contributed by atoms with Gasteiger partial charge in [-0.05, 0) is 80.5 Å². The quantitative estimate of drug-likeness (QED) is 0.167. The van der Waals surface area contributed by atoms with E-state index in [1.165, 1.54) is 0 Å². The second-order valence-corrected chi connectivity index (χ2v) is 9.68. The van der Waals surface area contributed by atoms with Crippen molar-refractivity contribution in [1.29, 1.82) is 0 Å². The highest BCUT2D eigenvalue weighted by molar-refractivity contribution is 6.46. The highest BCUT2D eigenvalue weighted by atomic mass is 16.5. The number of ether oxygens (including phenoxy) is 2. The summed E-state index contributed by atoms with van der Waals surface area (Å²) in [4.78, 5) is 30.6. The number of likely N-dealkylation sites (tertiary alicyclic amines) is 1. The second-order valence-electron chi connectivity index (χ2n) is 9.68. The first-order valence-electron chi connectivity index (χ1n) is 14.0. The smallest absolute Gasteiger partial charge is 0.295 e. The number of hydrogen-bond acceptors (Lipinski definition) is 6. The van der Waals surface area contributed by atoms with E-state index in [9.17, 15) is 14.7 Å². The van der Waals surface area contributed by atoms with Gasteiger partial charge in [0, 0.05) is 12.1 Å². The predicted octanol–water partition coefficient (Wildman–Crippen LogP) is 5.82. The van der Waals surface area contributed by atoms with Crippen LogP contribution in [0.25, 0.3) is 5.76 Å². The zero-order valence-corrected chi connectivity index (χ0v) is 23.5. The van der Waals surface area contributed by atoms with E-state index >= 15 is 0 Å². The van der Waals surface area contributed by atoms with Gasteiger partial charge in [-0.1, -0.05) is 56.3 Å². The Morgan fingerprint density at radius 2 is 1.60 bits per heavy atom. The molecule has 1 atom stereocenters. The molecule has 0 aliphatic carbocycles. The number of benzene rings is 3. The van der Waals surface area contributed by atoms with Crippen LogP contribution in [0.1, 0.15) is 49.9 Å². The first kappa shape index (κ1) is 28.9. The van der Waals surface area contributed by atoms with Crippen LogP contribution in [0, 0.1) is 0 Å². The zero-order chi connectivity index (χ0) is 28.5. The van der Waals surface area contributed by atoms with Gasteiger partial charge >= 0.3 is 0 Å². The molecule has 1 aliphatic rings. The van der Waals surface area contributed by atoms with Crippen LogP contribution < -0.4 is 9.47 Å². The third-order valence-electron chi connectivity index (χ3n) is 7.17. The largest absolute Gasteiger partial charge is 0.507 e. The molecule has 7 heteroatoms. The number of rotatable bonds is 13. The summed E-state index contributed by atoms with van der Waals surface area (Å²) in [6.45, 7) is 10.0. The number of ketones is 1. The maximum Gasteiger partial charge on any atom is 0.295 e. The van der Waals surface area contributed by atoms with Crippen LogP contribution in [0.5, 0.6) is 11.5 Å². The Morgan fingerprint density at radius 1 is 0.875 bits per heavy atom. The number of nitrogens with zero attached hydrogens (tertiary/aromatic N) is 2. The minimum atomic E-state index is -0.733. The number of carbonyl (C=O) groups excluding carboxylic acids is 2. The van der Waals surface area contributed by atoms with Crippen LogP contribution in [-0.4, -0.2) is 59.4 Å². The molecule has 1 fully saturated rings. The summed E-state index contributed by atoms with van der Waals surface area (Å²) in [5, 5.41) is 11.4. The molecule has 0 aromatic heterocycles. The Balaban J connectivity index is 1.69. The SMILES string of the molecule is CCOc1ccc(C(O)=C2C(=O)C(=O)N(CCCN(CC)CC)C2c2cccc(OCc3ccccc3)c2)cc1. The molecule has 1 saturated heterocycles. The van der Waals surface area contributed by atoms with Crippen molar-refractivity contribution < 1.29 is 24.2 Å². The third kappa shape index (κ3) is 6.72. The monoisotopic (exact) mass is 542 g/mol. The Morgan fingerprint density at radius 3 is 2.27 bits per heavy atom. The van der Waals surface area contributed by atoms with Crippen LogP contribution >= 0.6 is 0 Å². The van der Waals surface area contributed by atoms with Gasteiger partial charge in [-0.3, -0.25) is 9.59 Å². The van der Waals surface area contributed by atoms with E-state index in [0.29, 0.717) is 48.8 Å². The van der Waals surface area contributed by atoms with Gasteiger partial charge in [-0.15, -0.1) is 0 Å². The summed E-state index contributed by atoms with van der Waals surface area (Å²) in [5.41, 5.74) is 2.27. The number of carbonyl (C=O) groups is 2. The van der Waals surface area contributed by atoms with Gasteiger partial charge in [0.15, 0.2) is 0 Å². The van der Waals surface area contributed by atoms with Crippen molar-refractivity contribution >= 4 is 17.4 Å². The second kappa shape index (κ2) is 13.8. The molecule has 210 valence electrons. The van der Waals surface area contributed by atoms with E-state index in [1.54, 1.807) is 29.2 Å². The molecule has 0 radical (unpaired) electrons. The van der Waals surface area contributed by atoms with Gasteiger partial charge in [0.05, 0.1) is 18.2 Å². The number of aliphatic hydroxyl groups excluding tert-OH is 1. The van der Waals surface area contributed by atoms with Crippen LogP contribution in [-0.2, 0) is 16.2 Å². The Labute approximate surface area is 236 Å². The zero-order valence-electron chi connectivity index (χ0n) is 23.5. The van der Waals surface area contributed by atoms with E-state index in [2.05, 4.69) is 18.7 Å². The normalized spacial score (nSPS) is 16.5. The molecule has 1 aliphatic heterocycles. The first-order chi connectivity index (χ1) is 19.5. The van der Waals surface area contributed by atoms with E-state index in [1.807, 2.05) is 61.5 Å². The van der Waals surface area contributed by atoms with Gasteiger partial charge < -0.3 is 24.4 Å². The summed E-state index contributed by atoms with van der Waals surface area (Å²) in [6, 6.07) is 23.4. The van der Waals surface area contributed by atoms with Crippen molar-refractivity contribution in [2.75, 3.05) is 32.8 Å². The number of hydrogen-bond donors (Lipinski definition) is 1. The molecule has 0 bridgehead atoms. The lowest BCUT2D eigenvalue weighted by Gasteiger charge is -2.27. The summed E-state index contributed by atoms with van der Waals surface area (Å²) in [7, 11) is 0. The van der Waals surface area contributed by atoms with Crippen LogP contribution in [0.2, 0.25) is 0 Å². The Bertz CT molecular complexity index is 1320. The Kier molecular flexibility index (Phi) is 9.97. The lowest BCUT2D eigenvalue weighted by molar-refractivity contribution is -0.140. The van der Waals surface area contributed by atoms with Gasteiger partial charge in [0.1, 0.15) is 23.9 Å². The van der Waals surface area contributed by atoms with E-state index in [4.69, 9.17) is 9.47 Å². The predicted molar refractivity (Wildman–Crippen MR) is 156 cm³/mol. The van der Waals surface area contributed by atoms with Crippen molar-refractivity contribution in [2.45, 2.75) is 39.8 Å². The molecule has 1 heterocycles. The summed E-state index contributed by atoms with van der Waals surface area (Å²) in [6.07, 6.45) is 0.707. The molecular formula is C33H38N2O5. The average molecular weight is 543 g/mol. The maximum absolute atomic E-state index is 13.4. The minimum Gasteiger partial charge on any atom is -0.507 e. The molecular weight excluding hydrogens is 504 g/mol. The van der Waals surface area contributed by atoms with E-state index in [0.717, 1.165) is 25.2 Å². The van der Waals surface area contributed by atoms with Crippen LogP contribution in [0.4, 0.5) is 0 Å². The fourth-order valence-corrected chi connectivity index (χ4v) is 5.01. The summed E-state index contributed by atoms with van der Waals surface area (Å²) in [5.74, 6) is -0.206. The van der Waals surface area contributed by atoms with E-state index < -0.39 is 17.7 Å². The number of Topliss-reactive ketones (excluding diaryl/α,β-unsaturated/α-hetero) is 1. The average Bonchev–Trinajstić information content (AvgIpc) is 3.24. The van der Waals surface area contributed by atoms with Gasteiger partial charge in [-0.25, -0.2) is 0 Å². The van der Waals surface area contributed by atoms with Crippen molar-refractivity contribution in [3.8, 4) is 11.5 Å². The third-order valence-corrected chi connectivity index (χ3v) is 7.17. The lowest BCUT2D eigenvalue weighted by Crippen LogP contribution is -2.33. The minimum absolute atomic E-state index is 0.0807. The number of aliphatic hydroxyl groups is 1. The van der Waals surface area contributed by atoms with Crippen molar-refractivity contribution in [3.63, 3.8) is 0 Å². The van der Waals surface area contributed by atoms with Crippen molar-refractivity contribution in [1.82, 2.24) is 9.80 Å². The van der Waals surface area contributed by atoms with Crippen LogP contribution in [0.15, 0.2) is 84.4 Å². The molecule has 0 spiro atoms. The molecule has 7 nitrogen and oxygen atoms in total. The molecule has 40 heavy (non-hydrogen) atoms. The fraction of sp³-hybridized carbons (Fsp3) is 0.333. The highest BCUT2D eigenvalue weighted by Gasteiger charge is 2.46.